The van der Waals surface area contributed by atoms with Crippen molar-refractivity contribution in [3.63, 3.8) is 0 Å². The fourth-order valence-electron chi connectivity index (χ4n) is 0.246. The van der Waals surface area contributed by atoms with Crippen LogP contribution in [0.4, 0.5) is 4.79 Å². The number of nitrogens with zero attached hydrogens (tertiary/aromatic N) is 1. The van der Waals surface area contributed by atoms with Crippen LogP contribution in [0.2, 0.25) is 0 Å². The highest BCUT2D eigenvalue weighted by atomic mass is 16.4. The largest absolute Gasteiger partial charge is 0.481 e. The predicted molar refractivity (Wildman–Crippen MR) is 42.4 cm³/mol. The fourth-order valence-corrected chi connectivity index (χ4v) is 0.246. The summed E-state index contributed by atoms with van der Waals surface area (Å²) in [6.07, 6.45) is -0.593. The van der Waals surface area contributed by atoms with Crippen LogP contribution in [0.5, 0.6) is 0 Å². The molecular formula is C5H10N4O5. The van der Waals surface area contributed by atoms with Gasteiger partial charge in [0.05, 0.1) is 12.8 Å². The molecule has 2 amide bonds. The summed E-state index contributed by atoms with van der Waals surface area (Å²) in [5, 5.41) is 18.2. The lowest BCUT2D eigenvalue weighted by molar-refractivity contribution is -0.143. The standard InChI is InChI=1S/C4H6O4.CH4N4O/c5-3(6)1-2-4(7)8;2-4-1(6)5-3/h1-2H2,(H,5,6)(H,7,8);2H,3H2,(H,5,6). The van der Waals surface area contributed by atoms with E-state index in [2.05, 4.69) is 11.0 Å². The van der Waals surface area contributed by atoms with Gasteiger partial charge in [0.15, 0.2) is 0 Å². The van der Waals surface area contributed by atoms with Crippen molar-refractivity contribution in [1.29, 1.82) is 5.53 Å². The molecule has 0 aromatic heterocycles. The van der Waals surface area contributed by atoms with Gasteiger partial charge in [-0.1, -0.05) is 5.11 Å². The quantitative estimate of drug-likeness (QED) is 0.181. The van der Waals surface area contributed by atoms with Crippen LogP contribution in [-0.2, 0) is 9.59 Å². The van der Waals surface area contributed by atoms with Gasteiger partial charge in [0, 0.05) is 0 Å². The number of nitrogens with two attached hydrogens (primary N) is 1. The third-order valence-electron chi connectivity index (χ3n) is 0.778. The molecule has 0 aliphatic heterocycles. The Kier molecular flexibility index (Phi) is 9.38. The second-order valence-electron chi connectivity index (χ2n) is 1.85. The molecule has 0 aromatic carbocycles. The molecule has 0 rings (SSSR count). The summed E-state index contributed by atoms with van der Waals surface area (Å²) < 4.78 is 0. The molecule has 14 heavy (non-hydrogen) atoms. The highest BCUT2D eigenvalue weighted by Crippen LogP contribution is 1.86. The van der Waals surface area contributed by atoms with E-state index in [1.54, 1.807) is 5.43 Å². The van der Waals surface area contributed by atoms with Crippen LogP contribution in [0.3, 0.4) is 0 Å². The van der Waals surface area contributed by atoms with Crippen molar-refractivity contribution in [3.05, 3.63) is 0 Å². The molecule has 0 fully saturated rings. The molecule has 0 atom stereocenters. The van der Waals surface area contributed by atoms with Gasteiger partial charge in [-0.3, -0.25) is 15.0 Å². The Morgan fingerprint density at radius 2 is 1.57 bits per heavy atom. The Balaban J connectivity index is 0. The summed E-state index contributed by atoms with van der Waals surface area (Å²) in [7, 11) is 0. The number of urea groups is 1. The lowest BCUT2D eigenvalue weighted by Crippen LogP contribution is -2.26. The van der Waals surface area contributed by atoms with E-state index in [-0.39, 0.29) is 12.8 Å². The second kappa shape index (κ2) is 9.06. The van der Waals surface area contributed by atoms with Gasteiger partial charge >= 0.3 is 18.0 Å². The first kappa shape index (κ1) is 14.5. The van der Waals surface area contributed by atoms with E-state index in [4.69, 9.17) is 15.7 Å². The maximum absolute atomic E-state index is 9.64. The van der Waals surface area contributed by atoms with Gasteiger partial charge in [0.25, 0.3) is 0 Å². The summed E-state index contributed by atoms with van der Waals surface area (Å²) in [5.74, 6) is 2.32. The van der Waals surface area contributed by atoms with Crippen LogP contribution < -0.4 is 11.3 Å². The monoisotopic (exact) mass is 206 g/mol. The molecule has 0 aliphatic carbocycles. The maximum Gasteiger partial charge on any atom is 0.373 e. The van der Waals surface area contributed by atoms with Gasteiger partial charge in [0.1, 0.15) is 0 Å². The molecule has 6 N–H and O–H groups in total. The van der Waals surface area contributed by atoms with E-state index in [0.717, 1.165) is 0 Å². The number of hydrogen-bond acceptors (Lipinski definition) is 5. The van der Waals surface area contributed by atoms with Gasteiger partial charge in [0.2, 0.25) is 0 Å². The van der Waals surface area contributed by atoms with Crippen LogP contribution in [0.15, 0.2) is 5.11 Å². The lowest BCUT2D eigenvalue weighted by Gasteiger charge is -1.85. The molecule has 0 aromatic rings. The molecular weight excluding hydrogens is 196 g/mol. The minimum absolute atomic E-state index is 0.296. The molecule has 0 aliphatic rings. The minimum Gasteiger partial charge on any atom is -0.481 e. The number of carbonyl (C=O) groups excluding carboxylic acids is 1. The number of amides is 2. The Labute approximate surface area is 78.4 Å². The van der Waals surface area contributed by atoms with E-state index >= 15 is 0 Å². The predicted octanol–water partition coefficient (Wildman–Crippen LogP) is -0.464. The zero-order chi connectivity index (χ0) is 11.6. The van der Waals surface area contributed by atoms with Gasteiger partial charge in [-0.15, -0.1) is 0 Å². The van der Waals surface area contributed by atoms with Crippen LogP contribution in [0, 0.1) is 5.53 Å². The number of rotatable bonds is 3. The zero-order valence-corrected chi connectivity index (χ0v) is 7.06. The number of carbonyl (C=O) groups is 3. The number of hydrogen-bond donors (Lipinski definition) is 5. The second-order valence-corrected chi connectivity index (χ2v) is 1.85. The Morgan fingerprint density at radius 3 is 1.64 bits per heavy atom. The van der Waals surface area contributed by atoms with Crippen molar-refractivity contribution in [2.45, 2.75) is 12.8 Å². The first-order chi connectivity index (χ1) is 6.43. The average Bonchev–Trinajstić information content (AvgIpc) is 2.14. The summed E-state index contributed by atoms with van der Waals surface area (Å²) in [6, 6.07) is -0.838. The molecule has 0 spiro atoms. The molecule has 0 unspecified atom stereocenters. The number of hydrazine groups is 1. The smallest absolute Gasteiger partial charge is 0.373 e. The first-order valence-electron chi connectivity index (χ1n) is 3.25. The topological polar surface area (TPSA) is 166 Å². The summed E-state index contributed by atoms with van der Waals surface area (Å²) in [6.45, 7) is 0. The average molecular weight is 206 g/mol. The third kappa shape index (κ3) is 16.5. The Bertz CT molecular complexity index is 214. The van der Waals surface area contributed by atoms with Gasteiger partial charge in [-0.05, 0) is 0 Å². The Morgan fingerprint density at radius 1 is 1.21 bits per heavy atom. The van der Waals surface area contributed by atoms with E-state index in [1.165, 1.54) is 0 Å². The summed E-state index contributed by atoms with van der Waals surface area (Å²) in [5.41, 5.74) is 7.56. The van der Waals surface area contributed by atoms with Crippen molar-refractivity contribution in [2.24, 2.45) is 11.0 Å². The number of aliphatic carboxylic acids is 2. The van der Waals surface area contributed by atoms with Gasteiger partial charge < -0.3 is 10.2 Å². The Hall–Kier alpha value is -2.03. The SMILES string of the molecule is N=NC(=O)NN.O=C(O)CCC(=O)O. The van der Waals surface area contributed by atoms with Crippen molar-refractivity contribution in [3.8, 4) is 0 Å². The third-order valence-corrected chi connectivity index (χ3v) is 0.778. The van der Waals surface area contributed by atoms with E-state index in [0.29, 0.717) is 0 Å². The minimum atomic E-state index is -1.08. The lowest BCUT2D eigenvalue weighted by atomic mass is 10.3. The van der Waals surface area contributed by atoms with E-state index in [9.17, 15) is 14.4 Å². The zero-order valence-electron chi connectivity index (χ0n) is 7.06. The highest BCUT2D eigenvalue weighted by Gasteiger charge is 2.00. The number of nitrogens with one attached hydrogen (secondary N) is 2. The first-order valence-corrected chi connectivity index (χ1v) is 3.25. The van der Waals surface area contributed by atoms with Crippen LogP contribution in [0.1, 0.15) is 12.8 Å². The van der Waals surface area contributed by atoms with Crippen molar-refractivity contribution >= 4 is 18.0 Å². The van der Waals surface area contributed by atoms with Crippen molar-refractivity contribution in [1.82, 2.24) is 5.43 Å². The normalized spacial score (nSPS) is 7.79. The highest BCUT2D eigenvalue weighted by molar-refractivity contribution is 5.75. The number of carboxylic acids is 2. The maximum atomic E-state index is 9.64. The van der Waals surface area contributed by atoms with E-state index in [1.807, 2.05) is 0 Å². The number of carboxylic acid groups (broad SMARTS) is 2. The summed E-state index contributed by atoms with van der Waals surface area (Å²) in [4.78, 5) is 28.9. The van der Waals surface area contributed by atoms with Gasteiger partial charge in [-0.2, -0.15) is 5.53 Å². The molecule has 0 radical (unpaired) electrons. The van der Waals surface area contributed by atoms with Crippen LogP contribution in [0.25, 0.3) is 0 Å². The van der Waals surface area contributed by atoms with E-state index < -0.39 is 18.0 Å². The molecule has 80 valence electrons. The molecule has 9 heteroatoms. The van der Waals surface area contributed by atoms with Crippen molar-refractivity contribution < 1.29 is 24.6 Å². The molecule has 0 saturated carbocycles. The van der Waals surface area contributed by atoms with Gasteiger partial charge in [-0.25, -0.2) is 10.6 Å². The van der Waals surface area contributed by atoms with Crippen LogP contribution in [-0.4, -0.2) is 28.2 Å². The molecule has 0 saturated heterocycles. The fraction of sp³-hybridized carbons (Fsp3) is 0.400. The van der Waals surface area contributed by atoms with Crippen molar-refractivity contribution in [2.75, 3.05) is 0 Å². The molecule has 0 heterocycles. The molecule has 9 nitrogen and oxygen atoms in total. The van der Waals surface area contributed by atoms with Crippen LogP contribution >= 0.6 is 0 Å². The molecule has 0 bridgehead atoms. The summed E-state index contributed by atoms with van der Waals surface area (Å²) >= 11 is 0.